The second-order valence-corrected chi connectivity index (χ2v) is 9.41. The Balaban J connectivity index is 2.00. The number of ether oxygens (including phenoxy) is 1. The predicted molar refractivity (Wildman–Crippen MR) is 86.9 cm³/mol. The fourth-order valence-electron chi connectivity index (χ4n) is 2.66. The van der Waals surface area contributed by atoms with Crippen LogP contribution in [0.15, 0.2) is 18.2 Å². The van der Waals surface area contributed by atoms with Crippen molar-refractivity contribution in [3.63, 3.8) is 0 Å². The highest BCUT2D eigenvalue weighted by atomic mass is 32.2. The zero-order valence-corrected chi connectivity index (χ0v) is 14.5. The number of carbonyl (C=O) groups excluding carboxylic acids is 1. The van der Waals surface area contributed by atoms with Gasteiger partial charge in [-0.15, -0.1) is 0 Å². The number of benzene rings is 1. The molecule has 2 rings (SSSR count). The van der Waals surface area contributed by atoms with Crippen LogP contribution in [0.1, 0.15) is 44.7 Å². The molecule has 0 aliphatic carbocycles. The van der Waals surface area contributed by atoms with Crippen LogP contribution in [0.5, 0.6) is 5.75 Å². The molecule has 1 heterocycles. The second kappa shape index (κ2) is 6.03. The summed E-state index contributed by atoms with van der Waals surface area (Å²) in [6, 6.07) is 5.82. The highest BCUT2D eigenvalue weighted by molar-refractivity contribution is 7.91. The molecule has 22 heavy (non-hydrogen) atoms. The Bertz CT molecular complexity index is 668. The van der Waals surface area contributed by atoms with Gasteiger partial charge in [0.1, 0.15) is 5.75 Å². The summed E-state index contributed by atoms with van der Waals surface area (Å²) >= 11 is 0. The maximum absolute atomic E-state index is 12.0. The lowest BCUT2D eigenvalue weighted by molar-refractivity contribution is -0.135. The van der Waals surface area contributed by atoms with E-state index >= 15 is 0 Å². The number of hydrogen-bond acceptors (Lipinski definition) is 4. The zero-order chi connectivity index (χ0) is 16.5. The van der Waals surface area contributed by atoms with E-state index in [4.69, 9.17) is 4.74 Å². The van der Waals surface area contributed by atoms with E-state index in [1.165, 1.54) is 5.56 Å². The largest absolute Gasteiger partial charge is 0.426 e. The van der Waals surface area contributed by atoms with Gasteiger partial charge in [0.05, 0.1) is 11.5 Å². The lowest BCUT2D eigenvalue weighted by Gasteiger charge is -2.20. The molecule has 1 aliphatic rings. The van der Waals surface area contributed by atoms with Gasteiger partial charge in [-0.1, -0.05) is 32.9 Å². The molecule has 0 amide bonds. The average molecular weight is 324 g/mol. The van der Waals surface area contributed by atoms with Crippen molar-refractivity contribution in [2.75, 3.05) is 11.5 Å². The molecule has 5 heteroatoms. The Hall–Kier alpha value is -1.36. The van der Waals surface area contributed by atoms with Gasteiger partial charge >= 0.3 is 5.97 Å². The van der Waals surface area contributed by atoms with Crippen molar-refractivity contribution in [1.82, 2.24) is 0 Å². The molecule has 0 radical (unpaired) electrons. The first kappa shape index (κ1) is 17.0. The molecule has 1 aliphatic heterocycles. The minimum absolute atomic E-state index is 0.0471. The molecular weight excluding hydrogens is 300 g/mol. The summed E-state index contributed by atoms with van der Waals surface area (Å²) < 4.78 is 28.2. The van der Waals surface area contributed by atoms with Crippen LogP contribution in [0.3, 0.4) is 0 Å². The average Bonchev–Trinajstić information content (AvgIpc) is 2.69. The van der Waals surface area contributed by atoms with Crippen LogP contribution in [0, 0.1) is 12.8 Å². The summed E-state index contributed by atoms with van der Waals surface area (Å²) in [5.41, 5.74) is 2.15. The normalized spacial score (nSPS) is 20.8. The minimum atomic E-state index is -2.95. The van der Waals surface area contributed by atoms with Crippen molar-refractivity contribution in [2.24, 2.45) is 5.92 Å². The van der Waals surface area contributed by atoms with Crippen molar-refractivity contribution in [2.45, 2.75) is 46.0 Å². The van der Waals surface area contributed by atoms with Gasteiger partial charge < -0.3 is 4.74 Å². The van der Waals surface area contributed by atoms with Crippen LogP contribution >= 0.6 is 0 Å². The Morgan fingerprint density at radius 1 is 1.32 bits per heavy atom. The second-order valence-electron chi connectivity index (χ2n) is 7.18. The standard InChI is InChI=1S/C17H24O4S/c1-12-9-14(17(2,3)4)5-6-15(12)21-16(18)10-13-7-8-22(19,20)11-13/h5-6,9,13H,7-8,10-11H2,1-4H3. The lowest BCUT2D eigenvalue weighted by atomic mass is 9.86. The van der Waals surface area contributed by atoms with Crippen LogP contribution in [-0.2, 0) is 20.0 Å². The van der Waals surface area contributed by atoms with E-state index in [1.807, 2.05) is 25.1 Å². The third kappa shape index (κ3) is 4.32. The van der Waals surface area contributed by atoms with Gasteiger partial charge in [0.25, 0.3) is 0 Å². The van der Waals surface area contributed by atoms with Gasteiger partial charge in [-0.05, 0) is 41.9 Å². The van der Waals surface area contributed by atoms with E-state index in [0.29, 0.717) is 12.2 Å². The molecule has 1 fully saturated rings. The summed E-state index contributed by atoms with van der Waals surface area (Å²) in [4.78, 5) is 12.0. The fourth-order valence-corrected chi connectivity index (χ4v) is 4.53. The van der Waals surface area contributed by atoms with E-state index < -0.39 is 9.84 Å². The van der Waals surface area contributed by atoms with Crippen molar-refractivity contribution < 1.29 is 17.9 Å². The van der Waals surface area contributed by atoms with Gasteiger partial charge in [-0.2, -0.15) is 0 Å². The van der Waals surface area contributed by atoms with Crippen molar-refractivity contribution in [3.05, 3.63) is 29.3 Å². The molecule has 1 unspecified atom stereocenters. The predicted octanol–water partition coefficient (Wildman–Crippen LogP) is 3.02. The highest BCUT2D eigenvalue weighted by Gasteiger charge is 2.30. The van der Waals surface area contributed by atoms with Gasteiger partial charge in [-0.3, -0.25) is 4.79 Å². The summed E-state index contributed by atoms with van der Waals surface area (Å²) in [5, 5.41) is 0. The maximum atomic E-state index is 12.0. The third-order valence-electron chi connectivity index (χ3n) is 4.05. The number of hydrogen-bond donors (Lipinski definition) is 0. The maximum Gasteiger partial charge on any atom is 0.311 e. The Morgan fingerprint density at radius 2 is 2.00 bits per heavy atom. The molecule has 0 saturated carbocycles. The molecule has 0 bridgehead atoms. The molecule has 0 N–H and O–H groups in total. The van der Waals surface area contributed by atoms with Gasteiger partial charge in [0, 0.05) is 6.42 Å². The fraction of sp³-hybridized carbons (Fsp3) is 0.588. The number of rotatable bonds is 3. The Morgan fingerprint density at radius 3 is 2.50 bits per heavy atom. The van der Waals surface area contributed by atoms with Crippen molar-refractivity contribution in [1.29, 1.82) is 0 Å². The van der Waals surface area contributed by atoms with Crippen LogP contribution in [0.25, 0.3) is 0 Å². The van der Waals surface area contributed by atoms with Crippen LogP contribution in [0.2, 0.25) is 0 Å². The Labute approximate surface area is 132 Å². The summed E-state index contributed by atoms with van der Waals surface area (Å²) in [7, 11) is -2.95. The molecule has 0 spiro atoms. The van der Waals surface area contributed by atoms with Crippen molar-refractivity contribution >= 4 is 15.8 Å². The van der Waals surface area contributed by atoms with Gasteiger partial charge in [-0.25, -0.2) is 8.42 Å². The van der Waals surface area contributed by atoms with Gasteiger partial charge in [0.2, 0.25) is 0 Å². The summed E-state index contributed by atoms with van der Waals surface area (Å²) in [6.45, 7) is 8.31. The first-order chi connectivity index (χ1) is 10.1. The van der Waals surface area contributed by atoms with E-state index in [0.717, 1.165) is 5.56 Å². The highest BCUT2D eigenvalue weighted by Crippen LogP contribution is 2.28. The third-order valence-corrected chi connectivity index (χ3v) is 5.88. The summed E-state index contributed by atoms with van der Waals surface area (Å²) in [6.07, 6.45) is 0.721. The molecule has 0 aromatic heterocycles. The van der Waals surface area contributed by atoms with Crippen LogP contribution in [0.4, 0.5) is 0 Å². The summed E-state index contributed by atoms with van der Waals surface area (Å²) in [5.74, 6) is 0.383. The SMILES string of the molecule is Cc1cc(C(C)(C)C)ccc1OC(=O)CC1CCS(=O)(=O)C1. The Kier molecular flexibility index (Phi) is 4.66. The number of aryl methyl sites for hydroxylation is 1. The van der Waals surface area contributed by atoms with E-state index in [2.05, 4.69) is 20.8 Å². The molecule has 1 aromatic carbocycles. The molecule has 4 nitrogen and oxygen atoms in total. The monoisotopic (exact) mass is 324 g/mol. The number of sulfone groups is 1. The first-order valence-electron chi connectivity index (χ1n) is 7.59. The van der Waals surface area contributed by atoms with Crippen LogP contribution in [-0.4, -0.2) is 25.9 Å². The molecule has 1 aromatic rings. The quantitative estimate of drug-likeness (QED) is 0.633. The first-order valence-corrected chi connectivity index (χ1v) is 9.41. The lowest BCUT2D eigenvalue weighted by Crippen LogP contribution is -2.16. The van der Waals surface area contributed by atoms with E-state index in [1.54, 1.807) is 0 Å². The minimum Gasteiger partial charge on any atom is -0.426 e. The number of esters is 1. The molecular formula is C17H24O4S. The topological polar surface area (TPSA) is 60.4 Å². The zero-order valence-electron chi connectivity index (χ0n) is 13.7. The molecule has 122 valence electrons. The smallest absolute Gasteiger partial charge is 0.311 e. The van der Waals surface area contributed by atoms with Crippen molar-refractivity contribution in [3.8, 4) is 5.75 Å². The number of carbonyl (C=O) groups is 1. The van der Waals surface area contributed by atoms with Gasteiger partial charge in [0.15, 0.2) is 9.84 Å². The van der Waals surface area contributed by atoms with Crippen LogP contribution < -0.4 is 4.74 Å². The van der Waals surface area contributed by atoms with E-state index in [-0.39, 0.29) is 35.2 Å². The molecule has 1 atom stereocenters. The van der Waals surface area contributed by atoms with E-state index in [9.17, 15) is 13.2 Å². The molecule has 1 saturated heterocycles.